The SMILES string of the molecule is C.CN1CC=C(CO)CC1.CN1CCC(CO)=C(O)C1.[B].[CH3-].[I][V]([I])[I]. The summed E-state index contributed by atoms with van der Waals surface area (Å²) in [6, 6.07) is 0. The van der Waals surface area contributed by atoms with Crippen LogP contribution < -0.4 is 0 Å². The van der Waals surface area contributed by atoms with E-state index in [2.05, 4.69) is 78.0 Å². The van der Waals surface area contributed by atoms with Gasteiger partial charge < -0.3 is 27.6 Å². The summed E-state index contributed by atoms with van der Waals surface area (Å²) >= 11 is 7.39. The van der Waals surface area contributed by atoms with Crippen LogP contribution in [-0.4, -0.2) is 87.0 Å². The van der Waals surface area contributed by atoms with Crippen LogP contribution in [0.5, 0.6) is 0 Å². The predicted octanol–water partition coefficient (Wildman–Crippen LogP) is 3.73. The van der Waals surface area contributed by atoms with E-state index in [-0.39, 0.29) is 41.4 Å². The molecule has 2 aliphatic rings. The van der Waals surface area contributed by atoms with Crippen molar-refractivity contribution in [2.75, 3.05) is 53.5 Å². The molecule has 3 N–H and O–H groups in total. The van der Waals surface area contributed by atoms with E-state index in [0.29, 0.717) is 12.3 Å². The Morgan fingerprint density at radius 1 is 1.04 bits per heavy atom. The molecule has 0 aromatic heterocycles. The molecule has 0 atom stereocenters. The Bertz CT molecular complexity index is 400. The van der Waals surface area contributed by atoms with E-state index in [1.54, 1.807) is 0 Å². The summed E-state index contributed by atoms with van der Waals surface area (Å²) in [6.45, 7) is 3.84. The first-order valence-corrected chi connectivity index (χ1v) is 20.8. The molecule has 0 bridgehead atoms. The summed E-state index contributed by atoms with van der Waals surface area (Å²) in [5, 5.41) is 26.6. The molecule has 0 unspecified atom stereocenters. The van der Waals surface area contributed by atoms with Crippen molar-refractivity contribution in [3.05, 3.63) is 30.4 Å². The molecular weight excluding hydrogens is 711 g/mol. The zero-order valence-corrected chi connectivity index (χ0v) is 23.0. The summed E-state index contributed by atoms with van der Waals surface area (Å²) in [5.41, 5.74) is 1.98. The van der Waals surface area contributed by atoms with E-state index in [4.69, 9.17) is 10.2 Å². The summed E-state index contributed by atoms with van der Waals surface area (Å²) in [7, 11) is 4.04. The van der Waals surface area contributed by atoms with Gasteiger partial charge in [0.25, 0.3) is 0 Å². The van der Waals surface area contributed by atoms with Gasteiger partial charge in [-0.25, -0.2) is 0 Å². The van der Waals surface area contributed by atoms with Crippen molar-refractivity contribution in [1.82, 2.24) is 9.80 Å². The Kier molecular flexibility index (Phi) is 29.5. The predicted molar refractivity (Wildman–Crippen MR) is 137 cm³/mol. The van der Waals surface area contributed by atoms with Gasteiger partial charge in [-0.05, 0) is 38.1 Å². The fourth-order valence-electron chi connectivity index (χ4n) is 2.04. The Hall–Kier alpha value is 1.96. The molecule has 3 radical (unpaired) electrons. The van der Waals surface area contributed by atoms with Crippen LogP contribution in [0.1, 0.15) is 20.3 Å². The second-order valence-corrected chi connectivity index (χ2v) is 40.8. The average Bonchev–Trinajstić information content (AvgIpc) is 2.48. The van der Waals surface area contributed by atoms with Gasteiger partial charge in [0.1, 0.15) is 5.76 Å². The van der Waals surface area contributed by atoms with Gasteiger partial charge in [-0.15, -0.1) is 0 Å². The zero-order chi connectivity index (χ0) is 17.8. The van der Waals surface area contributed by atoms with E-state index >= 15 is 0 Å². The van der Waals surface area contributed by atoms with Crippen molar-refractivity contribution in [3.8, 4) is 0 Å². The number of nitrogens with zero attached hydrogens (tertiary/aromatic N) is 2. The van der Waals surface area contributed by atoms with Gasteiger partial charge in [0.05, 0.1) is 19.8 Å². The molecule has 0 fully saturated rings. The van der Waals surface area contributed by atoms with Crippen molar-refractivity contribution in [1.29, 1.82) is 0 Å². The molecule has 0 spiro atoms. The topological polar surface area (TPSA) is 67.2 Å². The number of hydrogen-bond donors (Lipinski definition) is 3. The Labute approximate surface area is 200 Å². The number of halogens is 3. The van der Waals surface area contributed by atoms with Gasteiger partial charge in [0.15, 0.2) is 0 Å². The third kappa shape index (κ3) is 19.3. The van der Waals surface area contributed by atoms with Crippen molar-refractivity contribution >= 4 is 68.3 Å². The van der Waals surface area contributed by atoms with Crippen LogP contribution in [0.4, 0.5) is 0 Å². The Morgan fingerprint density at radius 3 is 1.88 bits per heavy atom. The van der Waals surface area contributed by atoms with E-state index in [1.165, 1.54) is 5.57 Å². The summed E-state index contributed by atoms with van der Waals surface area (Å²) < 4.78 is 0. The van der Waals surface area contributed by atoms with Crippen molar-refractivity contribution in [2.45, 2.75) is 20.3 Å². The van der Waals surface area contributed by atoms with Crippen molar-refractivity contribution < 1.29 is 20.2 Å². The van der Waals surface area contributed by atoms with Crippen LogP contribution in [0.3, 0.4) is 0 Å². The first-order chi connectivity index (χ1) is 10.8. The number of aliphatic hydroxyl groups is 3. The van der Waals surface area contributed by atoms with Gasteiger partial charge >= 0.3 is 64.9 Å². The van der Waals surface area contributed by atoms with Gasteiger partial charge in [-0.2, -0.15) is 0 Å². The van der Waals surface area contributed by atoms with Crippen LogP contribution in [0, 0.1) is 7.43 Å². The van der Waals surface area contributed by atoms with Crippen LogP contribution in [0.15, 0.2) is 23.0 Å². The van der Waals surface area contributed by atoms with Gasteiger partial charge in [0, 0.05) is 28.0 Å². The molecule has 2 heterocycles. The summed E-state index contributed by atoms with van der Waals surface area (Å²) in [4.78, 5) is 3.98. The minimum atomic E-state index is -0.278. The molecule has 2 rings (SSSR count). The minimum absolute atomic E-state index is 0. The average molecular weight is 744 g/mol. The van der Waals surface area contributed by atoms with E-state index in [9.17, 15) is 5.11 Å². The van der Waals surface area contributed by atoms with E-state index in [1.807, 2.05) is 11.9 Å². The van der Waals surface area contributed by atoms with Crippen molar-refractivity contribution in [3.63, 3.8) is 0 Å². The van der Waals surface area contributed by atoms with Crippen LogP contribution in [0.25, 0.3) is 0 Å². The molecule has 0 saturated heterocycles. The summed E-state index contributed by atoms with van der Waals surface area (Å²) in [6.07, 6.45) is 3.93. The third-order valence-corrected chi connectivity index (χ3v) is 3.52. The van der Waals surface area contributed by atoms with Crippen LogP contribution >= 0.6 is 59.9 Å². The second-order valence-electron chi connectivity index (χ2n) is 5.42. The van der Waals surface area contributed by atoms with Gasteiger partial charge in [-0.1, -0.05) is 13.5 Å². The molecule has 26 heavy (non-hydrogen) atoms. The first-order valence-electron chi connectivity index (χ1n) is 7.24. The fraction of sp³-hybridized carbons (Fsp3) is 0.688. The zero-order valence-electron chi connectivity index (χ0n) is 15.1. The fourth-order valence-corrected chi connectivity index (χ4v) is 2.04. The van der Waals surface area contributed by atoms with E-state index < -0.39 is 0 Å². The first kappa shape index (κ1) is 35.4. The van der Waals surface area contributed by atoms with Gasteiger partial charge in [0.2, 0.25) is 0 Å². The molecule has 2 aliphatic heterocycles. The summed E-state index contributed by atoms with van der Waals surface area (Å²) in [5.74, 6) is 0.344. The molecule has 0 saturated carbocycles. The standard InChI is InChI=1S/C7H13NO2.C7H13NO.CH4.CH3.B.3HI.V/c1-8-3-2-6(5-9)7(10)4-8;1-8-4-2-7(6-9)3-5-8;;;;;;;/h9-10H,2-5H2,1H3;2,9H,3-6H2,1H3;1H4;1H3;;3*1H;/q;;;-1;;;;;+3/p-3. The van der Waals surface area contributed by atoms with Crippen molar-refractivity contribution in [2.24, 2.45) is 0 Å². The van der Waals surface area contributed by atoms with Gasteiger partial charge in [-0.3, -0.25) is 4.90 Å². The number of likely N-dealkylation sites (N-methyl/N-ethyl adjacent to an activating group) is 2. The third-order valence-electron chi connectivity index (χ3n) is 3.52. The molecule has 5 nitrogen and oxygen atoms in total. The molecular formula is C16H33BI3N2O3V-. The molecule has 155 valence electrons. The van der Waals surface area contributed by atoms with E-state index in [0.717, 1.165) is 38.0 Å². The molecule has 0 aromatic carbocycles. The second kappa shape index (κ2) is 21.7. The van der Waals surface area contributed by atoms with Crippen LogP contribution in [-0.2, 0) is 4.92 Å². The molecule has 0 aliphatic carbocycles. The molecule has 0 aromatic rings. The quantitative estimate of drug-likeness (QED) is 0.174. The molecule has 10 heteroatoms. The number of rotatable bonds is 2. The maximum atomic E-state index is 9.22. The van der Waals surface area contributed by atoms with Crippen LogP contribution in [0.2, 0.25) is 0 Å². The number of aliphatic hydroxyl groups excluding tert-OH is 3. The Morgan fingerprint density at radius 2 is 1.54 bits per heavy atom. The normalized spacial score (nSPS) is 17.3. The monoisotopic (exact) mass is 744 g/mol. The number of hydrogen-bond acceptors (Lipinski definition) is 5. The molecule has 0 amide bonds. The maximum absolute atomic E-state index is 9.22. The Balaban J connectivity index is -0.000000142.